The number of hydrogen-bond acceptors (Lipinski definition) is 8. The molecule has 3 aromatic rings. The predicted molar refractivity (Wildman–Crippen MR) is 156 cm³/mol. The summed E-state index contributed by atoms with van der Waals surface area (Å²) < 4.78 is 53.9. The quantitative estimate of drug-likeness (QED) is 0.391. The Morgan fingerprint density at radius 2 is 1.56 bits per heavy atom. The highest BCUT2D eigenvalue weighted by Crippen LogP contribution is 2.48. The van der Waals surface area contributed by atoms with E-state index in [2.05, 4.69) is 50.0 Å². The third-order valence-electron chi connectivity index (χ3n) is 7.73. The number of hydrogen-bond donors (Lipinski definition) is 1. The van der Waals surface area contributed by atoms with Gasteiger partial charge >= 0.3 is 10.2 Å². The number of rotatable bonds is 8. The lowest BCUT2D eigenvalue weighted by Crippen LogP contribution is -2.67. The van der Waals surface area contributed by atoms with E-state index in [-0.39, 0.29) is 17.5 Å². The van der Waals surface area contributed by atoms with Crippen molar-refractivity contribution < 1.29 is 32.2 Å². The Bertz CT molecular complexity index is 1440. The van der Waals surface area contributed by atoms with Gasteiger partial charge in [-0.3, -0.25) is 0 Å². The van der Waals surface area contributed by atoms with E-state index in [1.807, 2.05) is 36.4 Å². The molecule has 12 heteroatoms. The number of aliphatic hydroxyl groups is 1. The van der Waals surface area contributed by atoms with Gasteiger partial charge in [0.1, 0.15) is 12.2 Å². The Kier molecular flexibility index (Phi) is 7.61. The van der Waals surface area contributed by atoms with Crippen LogP contribution in [0.15, 0.2) is 73.1 Å². The highest BCUT2D eigenvalue weighted by Gasteiger charge is 2.66. The van der Waals surface area contributed by atoms with Crippen molar-refractivity contribution in [1.29, 1.82) is 0 Å². The molecule has 0 amide bonds. The molecule has 222 valence electrons. The van der Waals surface area contributed by atoms with Crippen LogP contribution in [-0.2, 0) is 34.6 Å². The van der Waals surface area contributed by atoms with Crippen LogP contribution in [0.1, 0.15) is 40.4 Å². The van der Waals surface area contributed by atoms with Crippen LogP contribution in [0.3, 0.4) is 0 Å². The molecule has 2 aliphatic heterocycles. The summed E-state index contributed by atoms with van der Waals surface area (Å²) in [6.07, 6.45) is -0.0154. The van der Waals surface area contributed by atoms with E-state index in [4.69, 9.17) is 18.6 Å². The van der Waals surface area contributed by atoms with Gasteiger partial charge in [0, 0.05) is 26.5 Å². The second-order valence-corrected chi connectivity index (χ2v) is 18.5. The number of imidazole rings is 1. The van der Waals surface area contributed by atoms with Gasteiger partial charge in [-0.1, -0.05) is 81.4 Å². The average molecular weight is 602 g/mol. The fourth-order valence-corrected chi connectivity index (χ4v) is 11.4. The van der Waals surface area contributed by atoms with Crippen LogP contribution in [0.5, 0.6) is 0 Å². The van der Waals surface area contributed by atoms with Crippen molar-refractivity contribution in [1.82, 2.24) is 13.3 Å². The van der Waals surface area contributed by atoms with E-state index in [9.17, 15) is 13.5 Å². The largest absolute Gasteiger partial charge is 0.405 e. The molecule has 3 heterocycles. The molecule has 0 aliphatic carbocycles. The van der Waals surface area contributed by atoms with Gasteiger partial charge in [0.05, 0.1) is 6.61 Å². The molecule has 0 spiro atoms. The van der Waals surface area contributed by atoms with Crippen LogP contribution in [0.25, 0.3) is 0 Å². The van der Waals surface area contributed by atoms with E-state index in [1.165, 1.54) is 26.5 Å². The maximum absolute atomic E-state index is 13.1. The molecular weight excluding hydrogens is 562 g/mol. The standard InChI is InChI=1S/C29H39N3O7SSi/c1-27(2,3)41(21-14-10-8-11-15-21,22-16-12-9-13-17-22)36-20-23-24-25(39-28(4,5)38-24)29(33,37-23)26-30-18-19-32(26)40(34,35)31(6)7/h8-19,23-25,33H,20H2,1-7H3/t23-,24-,25-,29?/m1/s1. The lowest BCUT2D eigenvalue weighted by molar-refractivity contribution is -0.286. The first-order chi connectivity index (χ1) is 19.1. The molecule has 10 nitrogen and oxygen atoms in total. The first-order valence-corrected chi connectivity index (χ1v) is 16.9. The molecule has 0 saturated carbocycles. The van der Waals surface area contributed by atoms with Crippen LogP contribution in [0.2, 0.25) is 5.04 Å². The molecule has 0 bridgehead atoms. The van der Waals surface area contributed by atoms with E-state index < -0.39 is 48.4 Å². The van der Waals surface area contributed by atoms with Gasteiger partial charge in [0.25, 0.3) is 14.1 Å². The molecule has 2 aliphatic rings. The summed E-state index contributed by atoms with van der Waals surface area (Å²) in [6.45, 7) is 10.1. The fraction of sp³-hybridized carbons (Fsp3) is 0.483. The highest BCUT2D eigenvalue weighted by molar-refractivity contribution is 7.87. The highest BCUT2D eigenvalue weighted by atomic mass is 32.2. The number of benzene rings is 2. The van der Waals surface area contributed by atoms with E-state index in [1.54, 1.807) is 13.8 Å². The van der Waals surface area contributed by atoms with E-state index in [0.29, 0.717) is 0 Å². The summed E-state index contributed by atoms with van der Waals surface area (Å²) in [5, 5.41) is 13.9. The van der Waals surface area contributed by atoms with E-state index in [0.717, 1.165) is 18.7 Å². The summed E-state index contributed by atoms with van der Waals surface area (Å²) >= 11 is 0. The van der Waals surface area contributed by atoms with Gasteiger partial charge in [-0.15, -0.1) is 0 Å². The lowest BCUT2D eigenvalue weighted by Gasteiger charge is -2.43. The molecular formula is C29H39N3O7SSi. The van der Waals surface area contributed by atoms with Gasteiger partial charge < -0.3 is 23.7 Å². The number of nitrogens with zero attached hydrogens (tertiary/aromatic N) is 3. The predicted octanol–water partition coefficient (Wildman–Crippen LogP) is 2.18. The second-order valence-electron chi connectivity index (χ2n) is 12.2. The third kappa shape index (κ3) is 5.00. The number of fused-ring (bicyclic) bond motifs is 1. The van der Waals surface area contributed by atoms with Crippen molar-refractivity contribution >= 4 is 28.9 Å². The van der Waals surface area contributed by atoms with Gasteiger partial charge in [0.2, 0.25) is 0 Å². The third-order valence-corrected chi connectivity index (χ3v) is 14.5. The Morgan fingerprint density at radius 1 is 1.00 bits per heavy atom. The topological polar surface area (TPSA) is 112 Å². The summed E-state index contributed by atoms with van der Waals surface area (Å²) in [6, 6.07) is 20.4. The van der Waals surface area contributed by atoms with Crippen molar-refractivity contribution in [2.24, 2.45) is 0 Å². The molecule has 1 unspecified atom stereocenters. The maximum atomic E-state index is 13.1. The summed E-state index contributed by atoms with van der Waals surface area (Å²) in [4.78, 5) is 4.22. The van der Waals surface area contributed by atoms with Gasteiger partial charge in [-0.2, -0.15) is 12.7 Å². The second kappa shape index (κ2) is 10.4. The summed E-state index contributed by atoms with van der Waals surface area (Å²) in [5.41, 5.74) is 0. The Hall–Kier alpha value is -2.42. The van der Waals surface area contributed by atoms with Crippen molar-refractivity contribution in [3.63, 3.8) is 0 Å². The molecule has 5 rings (SSSR count). The van der Waals surface area contributed by atoms with Crippen LogP contribution in [0, 0.1) is 0 Å². The van der Waals surface area contributed by atoms with Gasteiger partial charge in [-0.25, -0.2) is 8.96 Å². The zero-order valence-corrected chi connectivity index (χ0v) is 26.3. The normalized spacial score (nSPS) is 26.4. The zero-order valence-electron chi connectivity index (χ0n) is 24.5. The van der Waals surface area contributed by atoms with Crippen LogP contribution in [-0.4, -0.2) is 79.9 Å². The van der Waals surface area contributed by atoms with Gasteiger partial charge in [-0.05, 0) is 29.3 Å². The molecule has 41 heavy (non-hydrogen) atoms. The van der Waals surface area contributed by atoms with E-state index >= 15 is 0 Å². The van der Waals surface area contributed by atoms with Crippen molar-refractivity contribution in [3.8, 4) is 0 Å². The van der Waals surface area contributed by atoms with Crippen LogP contribution in [0.4, 0.5) is 0 Å². The monoisotopic (exact) mass is 601 g/mol. The molecule has 2 fully saturated rings. The minimum atomic E-state index is -4.01. The summed E-state index contributed by atoms with van der Waals surface area (Å²) in [5.74, 6) is -3.49. The lowest BCUT2D eigenvalue weighted by atomic mass is 10.1. The molecule has 1 N–H and O–H groups in total. The SMILES string of the molecule is CN(C)S(=O)(=O)n1ccnc1C1(O)O[C@H](CO[Si](c2ccccc2)(c2ccccc2)C(C)(C)C)[C@H]2OC(C)(C)O[C@H]21. The maximum Gasteiger partial charge on any atom is 0.308 e. The Balaban J connectivity index is 1.56. The van der Waals surface area contributed by atoms with Crippen molar-refractivity contribution in [2.45, 2.75) is 69.5 Å². The number of aromatic nitrogens is 2. The number of ether oxygens (including phenoxy) is 3. The minimum absolute atomic E-state index is 0.0668. The zero-order chi connectivity index (χ0) is 29.8. The minimum Gasteiger partial charge on any atom is -0.405 e. The van der Waals surface area contributed by atoms with Crippen molar-refractivity contribution in [2.75, 3.05) is 20.7 Å². The molecule has 2 aromatic carbocycles. The van der Waals surface area contributed by atoms with Gasteiger partial charge in [0.15, 0.2) is 17.7 Å². The summed E-state index contributed by atoms with van der Waals surface area (Å²) in [7, 11) is -4.16. The Morgan fingerprint density at radius 3 is 2.07 bits per heavy atom. The molecule has 2 saturated heterocycles. The fourth-order valence-electron chi connectivity index (χ4n) is 5.91. The van der Waals surface area contributed by atoms with Crippen molar-refractivity contribution in [3.05, 3.63) is 78.9 Å². The average Bonchev–Trinajstić information content (AvgIpc) is 3.60. The Labute approximate surface area is 243 Å². The molecule has 0 radical (unpaired) electrons. The molecule has 1 aromatic heterocycles. The van der Waals surface area contributed by atoms with Crippen LogP contribution >= 0.6 is 0 Å². The molecule has 4 atom stereocenters. The first kappa shape index (κ1) is 30.0. The van der Waals surface area contributed by atoms with Crippen LogP contribution < -0.4 is 10.4 Å². The first-order valence-electron chi connectivity index (χ1n) is 13.6. The smallest absolute Gasteiger partial charge is 0.308 e.